The first-order chi connectivity index (χ1) is 14.1. The van der Waals surface area contributed by atoms with Gasteiger partial charge in [0.15, 0.2) is 0 Å². The molecule has 0 aromatic heterocycles. The van der Waals surface area contributed by atoms with E-state index in [0.29, 0.717) is 13.0 Å². The Bertz CT molecular complexity index is 669. The highest BCUT2D eigenvalue weighted by Crippen LogP contribution is 2.23. The average Bonchev–Trinajstić information content (AvgIpc) is 2.74. The first-order valence-corrected chi connectivity index (χ1v) is 10.9. The van der Waals surface area contributed by atoms with Crippen LogP contribution < -0.4 is 9.47 Å². The minimum Gasteiger partial charge on any atom is -0.497 e. The zero-order valence-electron chi connectivity index (χ0n) is 17.6. The number of benzene rings is 2. The van der Waals surface area contributed by atoms with E-state index in [4.69, 9.17) is 14.2 Å². The normalized spacial score (nSPS) is 10.8. The second kappa shape index (κ2) is 13.1. The zero-order chi connectivity index (χ0) is 20.9. The molecule has 5 nitrogen and oxygen atoms in total. The van der Waals surface area contributed by atoms with Crippen LogP contribution >= 0.6 is 11.9 Å². The van der Waals surface area contributed by atoms with E-state index < -0.39 is 0 Å². The Morgan fingerprint density at radius 1 is 0.862 bits per heavy atom. The molecule has 0 aliphatic carbocycles. The number of unbranched alkanes of at least 4 members (excludes halogenated alkanes) is 1. The van der Waals surface area contributed by atoms with Crippen molar-refractivity contribution in [2.24, 2.45) is 0 Å². The van der Waals surface area contributed by atoms with E-state index in [0.717, 1.165) is 43.2 Å². The van der Waals surface area contributed by atoms with Gasteiger partial charge in [-0.3, -0.25) is 4.79 Å². The van der Waals surface area contributed by atoms with Crippen LogP contribution in [0, 0.1) is 0 Å². The molecule has 2 rings (SSSR count). The van der Waals surface area contributed by atoms with Crippen LogP contribution in [0.3, 0.4) is 0 Å². The van der Waals surface area contributed by atoms with Gasteiger partial charge in [0.2, 0.25) is 0 Å². The first kappa shape index (κ1) is 23.1. The van der Waals surface area contributed by atoms with Crippen molar-refractivity contribution < 1.29 is 19.0 Å². The van der Waals surface area contributed by atoms with Crippen LogP contribution in [0.5, 0.6) is 11.5 Å². The van der Waals surface area contributed by atoms with Gasteiger partial charge in [0.1, 0.15) is 11.5 Å². The third-order valence-corrected chi connectivity index (χ3v) is 5.48. The van der Waals surface area contributed by atoms with Crippen LogP contribution in [0.15, 0.2) is 48.5 Å². The third-order valence-electron chi connectivity index (χ3n) is 4.39. The van der Waals surface area contributed by atoms with Gasteiger partial charge in [-0.05, 0) is 55.2 Å². The Morgan fingerprint density at radius 2 is 1.38 bits per heavy atom. The number of rotatable bonds is 13. The maximum Gasteiger partial charge on any atom is 0.305 e. The Labute approximate surface area is 178 Å². The highest BCUT2D eigenvalue weighted by atomic mass is 32.2. The number of hydrogen-bond acceptors (Lipinski definition) is 6. The van der Waals surface area contributed by atoms with Crippen LogP contribution in [0.2, 0.25) is 0 Å². The Balaban J connectivity index is 1.91. The minimum absolute atomic E-state index is 0.106. The van der Waals surface area contributed by atoms with Gasteiger partial charge >= 0.3 is 5.97 Å². The van der Waals surface area contributed by atoms with Gasteiger partial charge in [0, 0.05) is 25.3 Å². The molecule has 29 heavy (non-hydrogen) atoms. The number of methoxy groups -OCH3 is 2. The van der Waals surface area contributed by atoms with E-state index >= 15 is 0 Å². The summed E-state index contributed by atoms with van der Waals surface area (Å²) in [6, 6.07) is 16.4. The summed E-state index contributed by atoms with van der Waals surface area (Å²) in [4.78, 5) is 11.5. The lowest BCUT2D eigenvalue weighted by Gasteiger charge is -2.22. The fourth-order valence-corrected chi connectivity index (χ4v) is 3.89. The summed E-state index contributed by atoms with van der Waals surface area (Å²) in [5, 5.41) is 0. The van der Waals surface area contributed by atoms with E-state index in [9.17, 15) is 4.79 Å². The van der Waals surface area contributed by atoms with Gasteiger partial charge in [-0.1, -0.05) is 36.2 Å². The maximum absolute atomic E-state index is 11.5. The first-order valence-electron chi connectivity index (χ1n) is 9.94. The topological polar surface area (TPSA) is 48.0 Å². The molecule has 0 saturated heterocycles. The van der Waals surface area contributed by atoms with Gasteiger partial charge < -0.3 is 14.2 Å². The molecule has 6 heteroatoms. The van der Waals surface area contributed by atoms with Gasteiger partial charge in [-0.2, -0.15) is 0 Å². The van der Waals surface area contributed by atoms with Gasteiger partial charge in [-0.25, -0.2) is 4.31 Å². The summed E-state index contributed by atoms with van der Waals surface area (Å²) in [6.07, 6.45) is 2.32. The molecular formula is C23H31NO4S. The molecule has 0 heterocycles. The summed E-state index contributed by atoms with van der Waals surface area (Å²) in [7, 11) is 3.36. The number of ether oxygens (including phenoxy) is 3. The molecule has 0 fully saturated rings. The number of nitrogens with zero attached hydrogens (tertiary/aromatic N) is 1. The van der Waals surface area contributed by atoms with Crippen LogP contribution in [-0.4, -0.2) is 36.9 Å². The standard InChI is InChI=1S/C23H31NO4S/c1-4-28-23(25)7-5-6-16-29-24(17-19-8-12-21(26-2)13-9-19)18-20-10-14-22(27-3)15-11-20/h8-15H,4-7,16-18H2,1-3H3. The van der Waals surface area contributed by atoms with Crippen LogP contribution in [0.4, 0.5) is 0 Å². The van der Waals surface area contributed by atoms with Crippen molar-refractivity contribution in [3.63, 3.8) is 0 Å². The van der Waals surface area contributed by atoms with Crippen molar-refractivity contribution in [2.75, 3.05) is 26.6 Å². The second-order valence-electron chi connectivity index (χ2n) is 6.59. The SMILES string of the molecule is CCOC(=O)CCCCSN(Cc1ccc(OC)cc1)Cc1ccc(OC)cc1. The lowest BCUT2D eigenvalue weighted by Crippen LogP contribution is -2.16. The molecule has 158 valence electrons. The van der Waals surface area contributed by atoms with E-state index in [1.165, 1.54) is 11.1 Å². The van der Waals surface area contributed by atoms with Crippen LogP contribution in [-0.2, 0) is 22.6 Å². The highest BCUT2D eigenvalue weighted by molar-refractivity contribution is 7.96. The molecular weight excluding hydrogens is 386 g/mol. The Morgan fingerprint density at radius 3 is 1.83 bits per heavy atom. The van der Waals surface area contributed by atoms with Crippen molar-refractivity contribution in [2.45, 2.75) is 39.3 Å². The van der Waals surface area contributed by atoms with E-state index in [1.54, 1.807) is 14.2 Å². The summed E-state index contributed by atoms with van der Waals surface area (Å²) in [5.41, 5.74) is 2.47. The average molecular weight is 418 g/mol. The second-order valence-corrected chi connectivity index (χ2v) is 7.77. The van der Waals surface area contributed by atoms with Crippen molar-refractivity contribution in [3.05, 3.63) is 59.7 Å². The van der Waals surface area contributed by atoms with Gasteiger partial charge in [-0.15, -0.1) is 0 Å². The number of esters is 1. The fourth-order valence-electron chi connectivity index (χ4n) is 2.81. The van der Waals surface area contributed by atoms with Crippen LogP contribution in [0.25, 0.3) is 0 Å². The monoisotopic (exact) mass is 417 g/mol. The predicted molar refractivity (Wildman–Crippen MR) is 118 cm³/mol. The van der Waals surface area contributed by atoms with Crippen molar-refractivity contribution in [1.29, 1.82) is 0 Å². The molecule has 2 aromatic carbocycles. The molecule has 0 spiro atoms. The molecule has 0 N–H and O–H groups in total. The van der Waals surface area contributed by atoms with E-state index in [2.05, 4.69) is 28.6 Å². The molecule has 0 aliphatic heterocycles. The van der Waals surface area contributed by atoms with Crippen molar-refractivity contribution in [3.8, 4) is 11.5 Å². The molecule has 0 aliphatic rings. The summed E-state index contributed by atoms with van der Waals surface area (Å²) >= 11 is 1.81. The van der Waals surface area contributed by atoms with Crippen molar-refractivity contribution >= 4 is 17.9 Å². The number of carbonyl (C=O) groups is 1. The molecule has 0 radical (unpaired) electrons. The summed E-state index contributed by atoms with van der Waals surface area (Å²) in [5.74, 6) is 2.58. The Kier molecular flexibility index (Phi) is 10.5. The number of carbonyl (C=O) groups excluding carboxylic acids is 1. The number of hydrogen-bond donors (Lipinski definition) is 0. The van der Waals surface area contributed by atoms with E-state index in [-0.39, 0.29) is 5.97 Å². The van der Waals surface area contributed by atoms with E-state index in [1.807, 2.05) is 43.1 Å². The molecule has 0 atom stereocenters. The molecule has 0 amide bonds. The zero-order valence-corrected chi connectivity index (χ0v) is 18.4. The Hall–Kier alpha value is -2.18. The highest BCUT2D eigenvalue weighted by Gasteiger charge is 2.10. The third kappa shape index (κ3) is 8.79. The van der Waals surface area contributed by atoms with Gasteiger partial charge in [0.05, 0.1) is 20.8 Å². The van der Waals surface area contributed by atoms with Crippen LogP contribution in [0.1, 0.15) is 37.3 Å². The largest absolute Gasteiger partial charge is 0.497 e. The molecule has 0 unspecified atom stereocenters. The summed E-state index contributed by atoms with van der Waals surface area (Å²) in [6.45, 7) is 3.95. The smallest absolute Gasteiger partial charge is 0.305 e. The molecule has 2 aromatic rings. The lowest BCUT2D eigenvalue weighted by atomic mass is 10.2. The fraction of sp³-hybridized carbons (Fsp3) is 0.435. The minimum atomic E-state index is -0.106. The molecule has 0 saturated carbocycles. The quantitative estimate of drug-likeness (QED) is 0.257. The van der Waals surface area contributed by atoms with Gasteiger partial charge in [0.25, 0.3) is 0 Å². The van der Waals surface area contributed by atoms with Crippen molar-refractivity contribution in [1.82, 2.24) is 4.31 Å². The lowest BCUT2D eigenvalue weighted by molar-refractivity contribution is -0.143. The molecule has 0 bridgehead atoms. The predicted octanol–water partition coefficient (Wildman–Crippen LogP) is 5.09. The maximum atomic E-state index is 11.5. The summed E-state index contributed by atoms with van der Waals surface area (Å²) < 4.78 is 17.8.